The van der Waals surface area contributed by atoms with Gasteiger partial charge < -0.3 is 15.5 Å². The minimum atomic E-state index is -3.63. The largest absolute Gasteiger partial charge is 2.00 e. The maximum absolute atomic E-state index is 8.52. The first-order valence-electron chi connectivity index (χ1n) is 0.612. The molecule has 7 heteroatoms. The molecule has 3 radical (unpaired) electrons. The molecular weight excluding hydrogens is 166 g/mol. The molecule has 0 atom stereocenters. The minimum absolute atomic E-state index is 0. The number of hydrogen-bond acceptors (Lipinski definition) is 3. The Morgan fingerprint density at radius 2 is 1.43 bits per heavy atom. The van der Waals surface area contributed by atoms with Crippen LogP contribution >= 0.6 is 0 Å². The Bertz CT molecular complexity index is 42.3. The Kier molecular flexibility index (Phi) is 51.2. The fraction of sp³-hybridized carbons (Fsp3) is 0. The van der Waals surface area contributed by atoms with Crippen LogP contribution in [0, 0.1) is 0 Å². The van der Waals surface area contributed by atoms with Crippen LogP contribution in [-0.2, 0) is 4.46 Å². The summed E-state index contributed by atoms with van der Waals surface area (Å²) in [5.41, 5.74) is 0. The molecule has 0 heterocycles. The van der Waals surface area contributed by atoms with Gasteiger partial charge in [0.05, 0.1) is 0 Å². The van der Waals surface area contributed by atoms with Crippen LogP contribution in [0.1, 0.15) is 1.43 Å². The first-order chi connectivity index (χ1) is 1.73. The molecule has 0 spiro atoms. The Balaban J connectivity index is -0.00000000750. The van der Waals surface area contributed by atoms with Gasteiger partial charge in [-0.05, 0) is 0 Å². The fourth-order valence-electron chi connectivity index (χ4n) is 0. The van der Waals surface area contributed by atoms with E-state index in [0.717, 1.165) is 0 Å². The summed E-state index contributed by atoms with van der Waals surface area (Å²) in [5, 5.41) is 0. The molecule has 0 fully saturated rings. The molecule has 0 aromatic heterocycles. The molecule has 0 aromatic rings. The van der Waals surface area contributed by atoms with Gasteiger partial charge in [-0.25, -0.2) is 0 Å². The predicted octanol–water partition coefficient (Wildman–Crippen LogP) is -6.52. The Hall–Kier alpha value is 2.55. The third-order valence-corrected chi connectivity index (χ3v) is 0. The third-order valence-electron chi connectivity index (χ3n) is 0. The first kappa shape index (κ1) is 22.7. The van der Waals surface area contributed by atoms with E-state index < -0.39 is 9.17 Å². The maximum Gasteiger partial charge on any atom is 2.00 e. The molecule has 0 aliphatic carbocycles. The molecule has 0 unspecified atom stereocenters. The summed E-state index contributed by atoms with van der Waals surface area (Å²) in [6, 6.07) is 0. The average Bonchev–Trinajstić information content (AvgIpc) is 0.811. The average molecular weight is 167 g/mol. The number of rotatable bonds is 0. The second-order valence-corrected chi connectivity index (χ2v) is 0.750. The molecule has 0 saturated heterocycles. The van der Waals surface area contributed by atoms with Crippen LogP contribution in [0.4, 0.5) is 0 Å². The maximum atomic E-state index is 8.52. The molecule has 3 nitrogen and oxygen atoms in total. The summed E-state index contributed by atoms with van der Waals surface area (Å²) in [6.45, 7) is 0. The van der Waals surface area contributed by atoms with Crippen LogP contribution in [-0.4, -0.2) is 49.6 Å². The summed E-state index contributed by atoms with van der Waals surface area (Å²) in [4.78, 5) is 17.0. The van der Waals surface area contributed by atoms with Crippen LogP contribution < -0.4 is 61.0 Å². The Morgan fingerprint density at radius 3 is 1.43 bits per heavy atom. The zero-order valence-electron chi connectivity index (χ0n) is 5.01. The van der Waals surface area contributed by atoms with Gasteiger partial charge in [0.1, 0.15) is 0 Å². The molecule has 7 heavy (non-hydrogen) atoms. The van der Waals surface area contributed by atoms with E-state index in [1.165, 1.54) is 0 Å². The second kappa shape index (κ2) is 15.8. The molecule has 0 N–H and O–H groups in total. The summed E-state index contributed by atoms with van der Waals surface area (Å²) < 4.78 is 8.52. The number of hydrogen-bond donors (Lipinski definition) is 0. The second-order valence-electron chi connectivity index (χ2n) is 0.250. The van der Waals surface area contributed by atoms with Gasteiger partial charge in [-0.1, -0.05) is 0 Å². The summed E-state index contributed by atoms with van der Waals surface area (Å²) >= 11 is 0. The standard InChI is InChI=1S/Al.K.Mg.O3Si.H/c;;;1-4(2)3;/q;+1;+2;-2;-1. The summed E-state index contributed by atoms with van der Waals surface area (Å²) in [5.74, 6) is 0. The molecule has 0 aliphatic heterocycles. The molecule has 0 saturated carbocycles. The SMILES string of the molecule is O=[Si]([O-])[O-].[Al].[H-].[K+].[Mg+2]. The van der Waals surface area contributed by atoms with E-state index in [2.05, 4.69) is 0 Å². The molecule has 0 amide bonds. The van der Waals surface area contributed by atoms with Crippen LogP contribution in [0.25, 0.3) is 0 Å². The van der Waals surface area contributed by atoms with E-state index in [0.29, 0.717) is 0 Å². The normalized spacial score (nSPS) is 3.43. The minimum Gasteiger partial charge on any atom is -1.00 e. The quantitative estimate of drug-likeness (QED) is 0.337. The topological polar surface area (TPSA) is 63.2 Å². The van der Waals surface area contributed by atoms with Gasteiger partial charge in [0.25, 0.3) is 0 Å². The zero-order valence-corrected chi connectivity index (χ0v) is 10.7. The zero-order chi connectivity index (χ0) is 3.58. The third kappa shape index (κ3) is 56.4. The molecule has 0 aromatic carbocycles. The van der Waals surface area contributed by atoms with E-state index >= 15 is 0 Å². The van der Waals surface area contributed by atoms with Crippen molar-refractivity contribution in [2.24, 2.45) is 0 Å². The van der Waals surface area contributed by atoms with Gasteiger partial charge in [-0.2, -0.15) is 0 Å². The molecule has 0 rings (SSSR count). The molecular formula is HAlKMgO3Si. The molecule has 0 aliphatic rings. The van der Waals surface area contributed by atoms with E-state index in [4.69, 9.17) is 14.1 Å². The summed E-state index contributed by atoms with van der Waals surface area (Å²) in [6.07, 6.45) is 0. The van der Waals surface area contributed by atoms with Crippen LogP contribution in [0.15, 0.2) is 0 Å². The first-order valence-corrected chi connectivity index (χ1v) is 1.84. The van der Waals surface area contributed by atoms with Crippen molar-refractivity contribution in [1.29, 1.82) is 0 Å². The van der Waals surface area contributed by atoms with Gasteiger partial charge in [0, 0.05) is 26.5 Å². The summed E-state index contributed by atoms with van der Waals surface area (Å²) in [7, 11) is -3.63. The monoisotopic (exact) mass is 167 g/mol. The van der Waals surface area contributed by atoms with Crippen LogP contribution in [0.3, 0.4) is 0 Å². The molecule has 0 bridgehead atoms. The van der Waals surface area contributed by atoms with Gasteiger partial charge in [0.2, 0.25) is 0 Å². The van der Waals surface area contributed by atoms with Crippen molar-refractivity contribution in [3.8, 4) is 0 Å². The van der Waals surface area contributed by atoms with Crippen molar-refractivity contribution in [3.05, 3.63) is 0 Å². The van der Waals surface area contributed by atoms with Gasteiger partial charge in [-0.3, -0.25) is 0 Å². The Morgan fingerprint density at radius 1 is 1.43 bits per heavy atom. The van der Waals surface area contributed by atoms with Crippen LogP contribution in [0.5, 0.6) is 0 Å². The van der Waals surface area contributed by atoms with Crippen molar-refractivity contribution in [1.82, 2.24) is 0 Å². The molecule has 29 valence electrons. The van der Waals surface area contributed by atoms with E-state index in [9.17, 15) is 0 Å². The van der Waals surface area contributed by atoms with Gasteiger partial charge >= 0.3 is 74.4 Å². The van der Waals surface area contributed by atoms with Crippen molar-refractivity contribution in [3.63, 3.8) is 0 Å². The predicted molar refractivity (Wildman–Crippen MR) is 19.1 cm³/mol. The fourth-order valence-corrected chi connectivity index (χ4v) is 0. The Labute approximate surface area is 114 Å². The van der Waals surface area contributed by atoms with Crippen molar-refractivity contribution >= 4 is 49.6 Å². The van der Waals surface area contributed by atoms with E-state index in [1.54, 1.807) is 0 Å². The van der Waals surface area contributed by atoms with Gasteiger partial charge in [-0.15, -0.1) is 0 Å². The van der Waals surface area contributed by atoms with E-state index in [1.807, 2.05) is 0 Å². The van der Waals surface area contributed by atoms with Gasteiger partial charge in [0.15, 0.2) is 0 Å². The van der Waals surface area contributed by atoms with Crippen molar-refractivity contribution in [2.75, 3.05) is 0 Å². The van der Waals surface area contributed by atoms with E-state index in [-0.39, 0.29) is 93.2 Å². The van der Waals surface area contributed by atoms with Crippen molar-refractivity contribution < 1.29 is 66.9 Å². The smallest absolute Gasteiger partial charge is 1.00 e. The van der Waals surface area contributed by atoms with Crippen molar-refractivity contribution in [2.45, 2.75) is 0 Å². The van der Waals surface area contributed by atoms with Crippen LogP contribution in [0.2, 0.25) is 0 Å².